The summed E-state index contributed by atoms with van der Waals surface area (Å²) < 4.78 is 0. The fourth-order valence-electron chi connectivity index (χ4n) is 2.79. The van der Waals surface area contributed by atoms with E-state index in [-0.39, 0.29) is 0 Å². The third-order valence-corrected chi connectivity index (χ3v) is 3.69. The minimum absolute atomic E-state index is 0.665. The maximum Gasteiger partial charge on any atom is -0.0140 e. The summed E-state index contributed by atoms with van der Waals surface area (Å²) in [5.41, 5.74) is 2.89. The summed E-state index contributed by atoms with van der Waals surface area (Å²) in [5, 5.41) is 0. The molecule has 0 aliphatic heterocycles. The zero-order valence-electron chi connectivity index (χ0n) is 9.86. The van der Waals surface area contributed by atoms with Crippen molar-refractivity contribution in [3.8, 4) is 0 Å². The first-order valence-electron chi connectivity index (χ1n) is 6.13. The van der Waals surface area contributed by atoms with Crippen LogP contribution in [-0.4, -0.2) is 0 Å². The standard InChI is InChI=1S/C16H20/c1-3-7-16-13(2)10-11-15(16)12-14-8-5-4-6-9-14/h3-6,8-9,15-16H,1-2,7,10-12H2. The van der Waals surface area contributed by atoms with Gasteiger partial charge < -0.3 is 0 Å². The average molecular weight is 212 g/mol. The van der Waals surface area contributed by atoms with Crippen molar-refractivity contribution < 1.29 is 0 Å². The highest BCUT2D eigenvalue weighted by molar-refractivity contribution is 5.19. The fraction of sp³-hybridized carbons (Fsp3) is 0.375. The molecule has 0 heterocycles. The molecule has 1 aliphatic rings. The quantitative estimate of drug-likeness (QED) is 0.649. The van der Waals surface area contributed by atoms with E-state index in [0.29, 0.717) is 5.92 Å². The smallest absolute Gasteiger partial charge is 0.0140 e. The van der Waals surface area contributed by atoms with Gasteiger partial charge in [0.2, 0.25) is 0 Å². The SMILES string of the molecule is C=CCC1C(=C)CCC1Cc1ccccc1. The van der Waals surface area contributed by atoms with Gasteiger partial charge in [-0.3, -0.25) is 0 Å². The van der Waals surface area contributed by atoms with Crippen molar-refractivity contribution in [3.63, 3.8) is 0 Å². The second-order valence-corrected chi connectivity index (χ2v) is 4.78. The monoisotopic (exact) mass is 212 g/mol. The molecule has 16 heavy (non-hydrogen) atoms. The summed E-state index contributed by atoms with van der Waals surface area (Å²) in [6.07, 6.45) is 6.83. The van der Waals surface area contributed by atoms with Crippen LogP contribution in [0.1, 0.15) is 24.8 Å². The van der Waals surface area contributed by atoms with Crippen LogP contribution in [0.3, 0.4) is 0 Å². The number of allylic oxidation sites excluding steroid dienone is 2. The van der Waals surface area contributed by atoms with Crippen LogP contribution in [0.25, 0.3) is 0 Å². The van der Waals surface area contributed by atoms with Crippen LogP contribution < -0.4 is 0 Å². The molecule has 0 bridgehead atoms. The summed E-state index contributed by atoms with van der Waals surface area (Å²) >= 11 is 0. The lowest BCUT2D eigenvalue weighted by Crippen LogP contribution is -2.11. The second kappa shape index (κ2) is 5.16. The van der Waals surface area contributed by atoms with Crippen molar-refractivity contribution in [1.29, 1.82) is 0 Å². The lowest BCUT2D eigenvalue weighted by atomic mass is 9.86. The molecule has 0 spiro atoms. The minimum Gasteiger partial charge on any atom is -0.103 e. The summed E-state index contributed by atoms with van der Waals surface area (Å²) in [6, 6.07) is 10.8. The molecule has 84 valence electrons. The summed E-state index contributed by atoms with van der Waals surface area (Å²) in [4.78, 5) is 0. The zero-order valence-corrected chi connectivity index (χ0v) is 9.86. The van der Waals surface area contributed by atoms with E-state index in [9.17, 15) is 0 Å². The number of rotatable bonds is 4. The minimum atomic E-state index is 0.665. The molecule has 1 aromatic rings. The highest BCUT2D eigenvalue weighted by atomic mass is 14.3. The molecule has 1 aromatic carbocycles. The highest BCUT2D eigenvalue weighted by Gasteiger charge is 2.28. The molecule has 2 unspecified atom stereocenters. The van der Waals surface area contributed by atoms with Crippen LogP contribution >= 0.6 is 0 Å². The van der Waals surface area contributed by atoms with Crippen LogP contribution in [0.2, 0.25) is 0 Å². The Bertz CT molecular complexity index is 361. The Hall–Kier alpha value is -1.30. The van der Waals surface area contributed by atoms with E-state index < -0.39 is 0 Å². The van der Waals surface area contributed by atoms with Crippen molar-refractivity contribution in [2.45, 2.75) is 25.7 Å². The van der Waals surface area contributed by atoms with Crippen LogP contribution in [-0.2, 0) is 6.42 Å². The second-order valence-electron chi connectivity index (χ2n) is 4.78. The Morgan fingerprint density at radius 2 is 2.00 bits per heavy atom. The first-order valence-corrected chi connectivity index (χ1v) is 6.13. The van der Waals surface area contributed by atoms with Gasteiger partial charge in [-0.2, -0.15) is 0 Å². The third kappa shape index (κ3) is 2.44. The Labute approximate surface area is 98.7 Å². The van der Waals surface area contributed by atoms with Gasteiger partial charge in [0.05, 0.1) is 0 Å². The van der Waals surface area contributed by atoms with Gasteiger partial charge in [0, 0.05) is 0 Å². The van der Waals surface area contributed by atoms with Crippen LogP contribution in [0.5, 0.6) is 0 Å². The van der Waals surface area contributed by atoms with Gasteiger partial charge in [-0.15, -0.1) is 6.58 Å². The molecule has 0 saturated heterocycles. The maximum absolute atomic E-state index is 4.20. The normalized spacial score (nSPS) is 24.6. The van der Waals surface area contributed by atoms with Crippen molar-refractivity contribution in [2.24, 2.45) is 11.8 Å². The van der Waals surface area contributed by atoms with Gasteiger partial charge in [0.25, 0.3) is 0 Å². The maximum atomic E-state index is 4.20. The molecule has 1 aliphatic carbocycles. The van der Waals surface area contributed by atoms with Gasteiger partial charge in [-0.05, 0) is 43.1 Å². The van der Waals surface area contributed by atoms with Gasteiger partial charge in [-0.25, -0.2) is 0 Å². The lowest BCUT2D eigenvalue weighted by Gasteiger charge is -2.18. The molecule has 0 radical (unpaired) electrons. The molecule has 0 heteroatoms. The molecule has 1 saturated carbocycles. The molecule has 0 nitrogen and oxygen atoms in total. The summed E-state index contributed by atoms with van der Waals surface area (Å²) in [6.45, 7) is 8.06. The molecular weight excluding hydrogens is 192 g/mol. The molecular formula is C16H20. The van der Waals surface area contributed by atoms with Crippen LogP contribution in [0.15, 0.2) is 55.1 Å². The summed E-state index contributed by atoms with van der Waals surface area (Å²) in [7, 11) is 0. The van der Waals surface area contributed by atoms with Gasteiger partial charge in [-0.1, -0.05) is 48.6 Å². The lowest BCUT2D eigenvalue weighted by molar-refractivity contribution is 0.422. The highest BCUT2D eigenvalue weighted by Crippen LogP contribution is 2.39. The predicted octanol–water partition coefficient (Wildman–Crippen LogP) is 4.39. The number of benzene rings is 1. The van der Waals surface area contributed by atoms with Crippen LogP contribution in [0, 0.1) is 11.8 Å². The molecule has 1 fully saturated rings. The van der Waals surface area contributed by atoms with Crippen LogP contribution in [0.4, 0.5) is 0 Å². The molecule has 2 rings (SSSR count). The van der Waals surface area contributed by atoms with E-state index in [0.717, 1.165) is 12.3 Å². The van der Waals surface area contributed by atoms with Gasteiger partial charge in [0.15, 0.2) is 0 Å². The van der Waals surface area contributed by atoms with E-state index in [4.69, 9.17) is 0 Å². The van der Waals surface area contributed by atoms with Gasteiger partial charge in [0.1, 0.15) is 0 Å². The van der Waals surface area contributed by atoms with Crippen molar-refractivity contribution in [1.82, 2.24) is 0 Å². The largest absolute Gasteiger partial charge is 0.103 e. The molecule has 0 amide bonds. The van der Waals surface area contributed by atoms with E-state index in [1.165, 1.54) is 30.4 Å². The first-order chi connectivity index (χ1) is 7.81. The number of hydrogen-bond acceptors (Lipinski definition) is 0. The van der Waals surface area contributed by atoms with E-state index >= 15 is 0 Å². The summed E-state index contributed by atoms with van der Waals surface area (Å²) in [5.74, 6) is 1.44. The van der Waals surface area contributed by atoms with E-state index in [1.807, 2.05) is 6.08 Å². The first kappa shape index (κ1) is 11.2. The molecule has 0 N–H and O–H groups in total. The average Bonchev–Trinajstić information content (AvgIpc) is 2.64. The Balaban J connectivity index is 2.04. The van der Waals surface area contributed by atoms with E-state index in [2.05, 4.69) is 43.5 Å². The Morgan fingerprint density at radius 1 is 1.25 bits per heavy atom. The zero-order chi connectivity index (χ0) is 11.4. The van der Waals surface area contributed by atoms with Gasteiger partial charge >= 0.3 is 0 Å². The van der Waals surface area contributed by atoms with Crippen molar-refractivity contribution >= 4 is 0 Å². The fourth-order valence-corrected chi connectivity index (χ4v) is 2.79. The Kier molecular flexibility index (Phi) is 3.61. The van der Waals surface area contributed by atoms with Crippen molar-refractivity contribution in [3.05, 3.63) is 60.7 Å². The Morgan fingerprint density at radius 3 is 2.69 bits per heavy atom. The predicted molar refractivity (Wildman–Crippen MR) is 70.3 cm³/mol. The molecule has 0 aromatic heterocycles. The molecule has 2 atom stereocenters. The van der Waals surface area contributed by atoms with E-state index in [1.54, 1.807) is 0 Å². The third-order valence-electron chi connectivity index (χ3n) is 3.69. The number of hydrogen-bond donors (Lipinski definition) is 0. The topological polar surface area (TPSA) is 0 Å². The van der Waals surface area contributed by atoms with Crippen molar-refractivity contribution in [2.75, 3.05) is 0 Å².